The van der Waals surface area contributed by atoms with Gasteiger partial charge in [-0.05, 0) is 13.0 Å². The summed E-state index contributed by atoms with van der Waals surface area (Å²) in [7, 11) is 0. The Hall–Kier alpha value is -1.07. The highest BCUT2D eigenvalue weighted by Crippen LogP contribution is 2.33. The highest BCUT2D eigenvalue weighted by molar-refractivity contribution is 7.12. The van der Waals surface area contributed by atoms with E-state index >= 15 is 0 Å². The molecular formula is C8H11NO3S. The van der Waals surface area contributed by atoms with E-state index in [4.69, 9.17) is 10.8 Å². The van der Waals surface area contributed by atoms with Gasteiger partial charge < -0.3 is 15.9 Å². The zero-order valence-electron chi connectivity index (χ0n) is 7.15. The Morgan fingerprint density at radius 3 is 2.69 bits per heavy atom. The molecule has 0 saturated carbocycles. The number of rotatable bonds is 3. The molecule has 1 aromatic rings. The predicted octanol–water partition coefficient (Wildman–Crippen LogP) is 0.889. The number of aryl methyl sites for hydroxylation is 1. The molecule has 13 heavy (non-hydrogen) atoms. The maximum absolute atomic E-state index is 10.7. The van der Waals surface area contributed by atoms with Crippen LogP contribution in [0.3, 0.4) is 0 Å². The van der Waals surface area contributed by atoms with Crippen molar-refractivity contribution in [2.45, 2.75) is 12.8 Å². The molecule has 0 bridgehead atoms. The van der Waals surface area contributed by atoms with Crippen molar-refractivity contribution in [3.63, 3.8) is 0 Å². The van der Waals surface area contributed by atoms with Crippen molar-refractivity contribution in [2.75, 3.05) is 6.54 Å². The van der Waals surface area contributed by atoms with E-state index in [1.54, 1.807) is 6.07 Å². The van der Waals surface area contributed by atoms with E-state index in [0.29, 0.717) is 4.88 Å². The predicted molar refractivity (Wildman–Crippen MR) is 50.2 cm³/mol. The van der Waals surface area contributed by atoms with Crippen molar-refractivity contribution in [1.82, 2.24) is 0 Å². The molecule has 0 radical (unpaired) electrons. The van der Waals surface area contributed by atoms with Crippen LogP contribution in [-0.2, 0) is 4.79 Å². The lowest BCUT2D eigenvalue weighted by Crippen LogP contribution is -2.20. The Morgan fingerprint density at radius 2 is 2.38 bits per heavy atom. The van der Waals surface area contributed by atoms with Crippen LogP contribution in [0.1, 0.15) is 15.7 Å². The third kappa shape index (κ3) is 1.99. The quantitative estimate of drug-likeness (QED) is 0.678. The van der Waals surface area contributed by atoms with Crippen LogP contribution in [0, 0.1) is 6.92 Å². The molecule has 4 N–H and O–H groups in total. The smallest absolute Gasteiger partial charge is 0.313 e. The molecule has 0 aliphatic carbocycles. The summed E-state index contributed by atoms with van der Waals surface area (Å²) in [5.41, 5.74) is 5.30. The standard InChI is InChI=1S/C8H11NO3S/c1-4-2-6(10)7(13-4)5(3-9)8(11)12/h2,5,10H,3,9H2,1H3,(H,11,12). The fraction of sp³-hybridized carbons (Fsp3) is 0.375. The third-order valence-corrected chi connectivity index (χ3v) is 2.87. The molecular weight excluding hydrogens is 190 g/mol. The maximum atomic E-state index is 10.7. The van der Waals surface area contributed by atoms with E-state index in [9.17, 15) is 9.90 Å². The fourth-order valence-corrected chi connectivity index (χ4v) is 2.11. The molecule has 1 unspecified atom stereocenters. The highest BCUT2D eigenvalue weighted by Gasteiger charge is 2.23. The fourth-order valence-electron chi connectivity index (χ4n) is 1.09. The third-order valence-electron chi connectivity index (χ3n) is 1.71. The Kier molecular flexibility index (Phi) is 2.90. The second kappa shape index (κ2) is 3.76. The summed E-state index contributed by atoms with van der Waals surface area (Å²) in [5.74, 6) is -1.77. The monoisotopic (exact) mass is 201 g/mol. The van der Waals surface area contributed by atoms with E-state index < -0.39 is 11.9 Å². The van der Waals surface area contributed by atoms with Gasteiger partial charge >= 0.3 is 5.97 Å². The normalized spacial score (nSPS) is 12.8. The van der Waals surface area contributed by atoms with Crippen LogP contribution in [0.4, 0.5) is 0 Å². The minimum Gasteiger partial charge on any atom is -0.507 e. The number of carboxylic acids is 1. The first-order valence-corrected chi connectivity index (χ1v) is 4.60. The lowest BCUT2D eigenvalue weighted by Gasteiger charge is -2.06. The van der Waals surface area contributed by atoms with E-state index in [2.05, 4.69) is 0 Å². The SMILES string of the molecule is Cc1cc(O)c(C(CN)C(=O)O)s1. The summed E-state index contributed by atoms with van der Waals surface area (Å²) in [6.07, 6.45) is 0. The summed E-state index contributed by atoms with van der Waals surface area (Å²) in [6.45, 7) is 1.81. The second-order valence-corrected chi connectivity index (χ2v) is 4.02. The van der Waals surface area contributed by atoms with Gasteiger partial charge in [0.1, 0.15) is 11.7 Å². The molecule has 4 nitrogen and oxygen atoms in total. The molecule has 0 aliphatic heterocycles. The molecule has 0 amide bonds. The van der Waals surface area contributed by atoms with Crippen molar-refractivity contribution in [3.05, 3.63) is 15.8 Å². The molecule has 5 heteroatoms. The average Bonchev–Trinajstić information content (AvgIpc) is 2.31. The summed E-state index contributed by atoms with van der Waals surface area (Å²) < 4.78 is 0. The van der Waals surface area contributed by atoms with Gasteiger partial charge in [-0.25, -0.2) is 0 Å². The lowest BCUT2D eigenvalue weighted by atomic mass is 10.1. The molecule has 1 rings (SSSR count). The summed E-state index contributed by atoms with van der Waals surface area (Å²) in [6, 6.07) is 1.55. The van der Waals surface area contributed by atoms with Gasteiger partial charge in [0.15, 0.2) is 0 Å². The summed E-state index contributed by atoms with van der Waals surface area (Å²) in [5, 5.41) is 18.1. The second-order valence-electron chi connectivity index (χ2n) is 2.73. The van der Waals surface area contributed by atoms with E-state index in [0.717, 1.165) is 4.88 Å². The highest BCUT2D eigenvalue weighted by atomic mass is 32.1. The Morgan fingerprint density at radius 1 is 1.77 bits per heavy atom. The van der Waals surface area contributed by atoms with Crippen molar-refractivity contribution >= 4 is 17.3 Å². The number of aliphatic carboxylic acids is 1. The zero-order valence-corrected chi connectivity index (χ0v) is 7.97. The van der Waals surface area contributed by atoms with Crippen molar-refractivity contribution in [2.24, 2.45) is 5.73 Å². The summed E-state index contributed by atoms with van der Waals surface area (Å²) in [4.78, 5) is 12.0. The number of aromatic hydroxyl groups is 1. The van der Waals surface area contributed by atoms with Gasteiger partial charge in [0.2, 0.25) is 0 Å². The van der Waals surface area contributed by atoms with Crippen LogP contribution in [0.15, 0.2) is 6.07 Å². The van der Waals surface area contributed by atoms with Crippen LogP contribution < -0.4 is 5.73 Å². The molecule has 1 atom stereocenters. The molecule has 72 valence electrons. The van der Waals surface area contributed by atoms with Gasteiger partial charge in [0, 0.05) is 11.4 Å². The van der Waals surface area contributed by atoms with Gasteiger partial charge in [-0.1, -0.05) is 0 Å². The van der Waals surface area contributed by atoms with Crippen LogP contribution >= 0.6 is 11.3 Å². The Bertz CT molecular complexity index is 321. The topological polar surface area (TPSA) is 83.5 Å². The van der Waals surface area contributed by atoms with E-state index in [-0.39, 0.29) is 12.3 Å². The maximum Gasteiger partial charge on any atom is 0.313 e. The number of hydrogen-bond acceptors (Lipinski definition) is 4. The minimum atomic E-state index is -1.00. The van der Waals surface area contributed by atoms with Crippen molar-refractivity contribution in [3.8, 4) is 5.75 Å². The molecule has 0 spiro atoms. The van der Waals surface area contributed by atoms with Crippen molar-refractivity contribution in [1.29, 1.82) is 0 Å². The van der Waals surface area contributed by atoms with Crippen LogP contribution in [0.2, 0.25) is 0 Å². The molecule has 0 fully saturated rings. The molecule has 0 aromatic carbocycles. The van der Waals surface area contributed by atoms with E-state index in [1.165, 1.54) is 11.3 Å². The van der Waals surface area contributed by atoms with Gasteiger partial charge in [0.25, 0.3) is 0 Å². The van der Waals surface area contributed by atoms with Crippen LogP contribution in [0.5, 0.6) is 5.75 Å². The van der Waals surface area contributed by atoms with E-state index in [1.807, 2.05) is 6.92 Å². The lowest BCUT2D eigenvalue weighted by molar-refractivity contribution is -0.138. The Balaban J connectivity index is 3.04. The van der Waals surface area contributed by atoms with Gasteiger partial charge in [-0.2, -0.15) is 0 Å². The first kappa shape index (κ1) is 10.0. The van der Waals surface area contributed by atoms with Crippen LogP contribution in [-0.4, -0.2) is 22.7 Å². The van der Waals surface area contributed by atoms with Gasteiger partial charge in [-0.15, -0.1) is 11.3 Å². The Labute approximate surface area is 79.6 Å². The minimum absolute atomic E-state index is 0.00282. The molecule has 0 saturated heterocycles. The largest absolute Gasteiger partial charge is 0.507 e. The van der Waals surface area contributed by atoms with Crippen molar-refractivity contribution < 1.29 is 15.0 Å². The van der Waals surface area contributed by atoms with Crippen LogP contribution in [0.25, 0.3) is 0 Å². The number of carboxylic acid groups (broad SMARTS) is 1. The number of hydrogen-bond donors (Lipinski definition) is 3. The molecule has 1 aromatic heterocycles. The number of carbonyl (C=O) groups is 1. The summed E-state index contributed by atoms with van der Waals surface area (Å²) >= 11 is 1.26. The zero-order chi connectivity index (χ0) is 10.0. The first-order chi connectivity index (χ1) is 6.06. The first-order valence-electron chi connectivity index (χ1n) is 3.78. The molecule has 1 heterocycles. The molecule has 0 aliphatic rings. The number of nitrogens with two attached hydrogens (primary N) is 1. The number of thiophene rings is 1. The van der Waals surface area contributed by atoms with Gasteiger partial charge in [0.05, 0.1) is 4.88 Å². The van der Waals surface area contributed by atoms with Gasteiger partial charge in [-0.3, -0.25) is 4.79 Å². The average molecular weight is 201 g/mol.